The molecule has 0 N–H and O–H groups in total. The third-order valence-corrected chi connectivity index (χ3v) is 8.77. The van der Waals surface area contributed by atoms with Crippen molar-refractivity contribution in [2.45, 2.75) is 51.5 Å². The number of piperidine rings is 2. The lowest BCUT2D eigenvalue weighted by Gasteiger charge is -2.55. The van der Waals surface area contributed by atoms with Crippen LogP contribution in [0.5, 0.6) is 11.5 Å². The molecule has 3 heterocycles. The van der Waals surface area contributed by atoms with Crippen molar-refractivity contribution in [1.29, 1.82) is 0 Å². The Labute approximate surface area is 226 Å². The van der Waals surface area contributed by atoms with Crippen LogP contribution in [0.2, 0.25) is 0 Å². The van der Waals surface area contributed by atoms with E-state index in [0.29, 0.717) is 64.3 Å². The van der Waals surface area contributed by atoms with Crippen LogP contribution in [0.4, 0.5) is 14.5 Å². The highest BCUT2D eigenvalue weighted by Gasteiger charge is 2.58. The number of likely N-dealkylation sites (tertiary alicyclic amines) is 1. The van der Waals surface area contributed by atoms with Gasteiger partial charge in [-0.1, -0.05) is 45.9 Å². The molecule has 2 saturated heterocycles. The van der Waals surface area contributed by atoms with Gasteiger partial charge in [-0.15, -0.1) is 0 Å². The summed E-state index contributed by atoms with van der Waals surface area (Å²) >= 11 is 0. The number of alkyl halides is 2. The van der Waals surface area contributed by atoms with Crippen molar-refractivity contribution in [1.82, 2.24) is 9.80 Å². The highest BCUT2D eigenvalue weighted by atomic mass is 19.3. The molecule has 7 heteroatoms. The van der Waals surface area contributed by atoms with Crippen LogP contribution in [0.3, 0.4) is 0 Å². The van der Waals surface area contributed by atoms with Crippen molar-refractivity contribution >= 4 is 5.69 Å². The normalized spacial score (nSPS) is 26.2. The van der Waals surface area contributed by atoms with Crippen LogP contribution in [0, 0.1) is 11.8 Å². The molecule has 2 aromatic carbocycles. The Kier molecular flexibility index (Phi) is 7.88. The summed E-state index contributed by atoms with van der Waals surface area (Å²) < 4.78 is 43.7. The van der Waals surface area contributed by atoms with Crippen molar-refractivity contribution in [3.63, 3.8) is 0 Å². The highest BCUT2D eigenvalue weighted by molar-refractivity contribution is 5.49. The van der Waals surface area contributed by atoms with E-state index in [2.05, 4.69) is 78.8 Å². The fourth-order valence-electron chi connectivity index (χ4n) is 6.26. The summed E-state index contributed by atoms with van der Waals surface area (Å²) in [4.78, 5) is 6.59. The van der Waals surface area contributed by atoms with Gasteiger partial charge in [0.05, 0.1) is 11.8 Å². The minimum atomic E-state index is -2.68. The van der Waals surface area contributed by atoms with Crippen molar-refractivity contribution in [2.75, 3.05) is 64.4 Å². The molecule has 0 aliphatic carbocycles. The van der Waals surface area contributed by atoms with Crippen LogP contribution in [-0.4, -0.2) is 81.3 Å². The standard InChI is InChI=1S/C31H43F2N3O2/c1-21(2)23-6-9-26(10-7-23)36-18-25-17-34(5)28(27(19-36)31(25,32)33)20-35-12-14-37-29-11-8-24(22(3)4)16-30(29)38-15-13-35/h6-11,16,21-22,25,27-28H,12-15,17-20H2,1-5H3. The molecule has 208 valence electrons. The van der Waals surface area contributed by atoms with E-state index in [-0.39, 0.29) is 6.04 Å². The second-order valence-corrected chi connectivity index (χ2v) is 12.0. The van der Waals surface area contributed by atoms with Gasteiger partial charge >= 0.3 is 0 Å². The topological polar surface area (TPSA) is 28.2 Å². The molecule has 2 bridgehead atoms. The molecule has 3 aliphatic rings. The van der Waals surface area contributed by atoms with Gasteiger partial charge in [-0.2, -0.15) is 0 Å². The van der Waals surface area contributed by atoms with Gasteiger partial charge in [0.2, 0.25) is 0 Å². The molecular formula is C31H43F2N3O2. The summed E-state index contributed by atoms with van der Waals surface area (Å²) in [6, 6.07) is 14.4. The van der Waals surface area contributed by atoms with Gasteiger partial charge < -0.3 is 19.3 Å². The van der Waals surface area contributed by atoms with Gasteiger partial charge in [0.25, 0.3) is 5.92 Å². The summed E-state index contributed by atoms with van der Waals surface area (Å²) in [6.45, 7) is 12.8. The first-order valence-corrected chi connectivity index (χ1v) is 14.2. The summed E-state index contributed by atoms with van der Waals surface area (Å²) in [7, 11) is 2.01. The third-order valence-electron chi connectivity index (χ3n) is 8.77. The zero-order chi connectivity index (χ0) is 27.0. The van der Waals surface area contributed by atoms with Crippen LogP contribution in [-0.2, 0) is 0 Å². The van der Waals surface area contributed by atoms with E-state index >= 15 is 8.78 Å². The molecule has 0 radical (unpaired) electrons. The average Bonchev–Trinajstić information content (AvgIpc) is 2.97. The van der Waals surface area contributed by atoms with Gasteiger partial charge in [0.1, 0.15) is 13.2 Å². The predicted molar refractivity (Wildman–Crippen MR) is 149 cm³/mol. The Balaban J connectivity index is 1.29. The van der Waals surface area contributed by atoms with E-state index in [1.54, 1.807) is 0 Å². The maximum absolute atomic E-state index is 15.7. The number of anilines is 1. The molecule has 3 aliphatic heterocycles. The number of rotatable bonds is 5. The number of fused-ring (bicyclic) bond motifs is 3. The number of nitrogens with zero attached hydrogens (tertiary/aromatic N) is 3. The molecular weight excluding hydrogens is 484 g/mol. The Hall–Kier alpha value is -2.38. The summed E-state index contributed by atoms with van der Waals surface area (Å²) in [6.07, 6.45) is 0. The zero-order valence-electron chi connectivity index (χ0n) is 23.5. The summed E-state index contributed by atoms with van der Waals surface area (Å²) in [5.74, 6) is -1.69. The van der Waals surface area contributed by atoms with Gasteiger partial charge in [-0.25, -0.2) is 8.78 Å². The van der Waals surface area contributed by atoms with Crippen molar-refractivity contribution in [3.8, 4) is 11.5 Å². The number of hydrogen-bond acceptors (Lipinski definition) is 5. The third kappa shape index (κ3) is 5.50. The van der Waals surface area contributed by atoms with E-state index in [1.165, 1.54) is 11.1 Å². The van der Waals surface area contributed by atoms with Gasteiger partial charge in [-0.05, 0) is 54.3 Å². The Morgan fingerprint density at radius 1 is 0.842 bits per heavy atom. The molecule has 0 saturated carbocycles. The second kappa shape index (κ2) is 11.0. The first-order chi connectivity index (χ1) is 18.1. The lowest BCUT2D eigenvalue weighted by atomic mass is 9.75. The summed E-state index contributed by atoms with van der Waals surface area (Å²) in [5.41, 5.74) is 3.53. The molecule has 0 spiro atoms. The first-order valence-electron chi connectivity index (χ1n) is 14.2. The number of ether oxygens (including phenoxy) is 2. The number of likely N-dealkylation sites (N-methyl/N-ethyl adjacent to an activating group) is 1. The van der Waals surface area contributed by atoms with Crippen molar-refractivity contribution in [3.05, 3.63) is 53.6 Å². The highest BCUT2D eigenvalue weighted by Crippen LogP contribution is 2.46. The average molecular weight is 528 g/mol. The largest absolute Gasteiger partial charge is 0.488 e. The van der Waals surface area contributed by atoms with E-state index in [4.69, 9.17) is 9.47 Å². The van der Waals surface area contributed by atoms with Crippen LogP contribution in [0.25, 0.3) is 0 Å². The number of hydrogen-bond donors (Lipinski definition) is 0. The van der Waals surface area contributed by atoms with E-state index in [9.17, 15) is 0 Å². The minimum absolute atomic E-state index is 0.241. The number of halogens is 2. The molecule has 3 unspecified atom stereocenters. The van der Waals surface area contributed by atoms with Crippen LogP contribution >= 0.6 is 0 Å². The number of benzene rings is 2. The van der Waals surface area contributed by atoms with Crippen LogP contribution in [0.1, 0.15) is 50.7 Å². The Morgan fingerprint density at radius 3 is 2.13 bits per heavy atom. The van der Waals surface area contributed by atoms with Gasteiger partial charge in [0.15, 0.2) is 11.5 Å². The first kappa shape index (κ1) is 27.2. The van der Waals surface area contributed by atoms with Crippen molar-refractivity contribution in [2.24, 2.45) is 11.8 Å². The smallest absolute Gasteiger partial charge is 0.259 e. The maximum Gasteiger partial charge on any atom is 0.259 e. The van der Waals surface area contributed by atoms with Gasteiger partial charge in [0, 0.05) is 51.0 Å². The Morgan fingerprint density at radius 2 is 1.47 bits per heavy atom. The van der Waals surface area contributed by atoms with Crippen molar-refractivity contribution < 1.29 is 18.3 Å². The second-order valence-electron chi connectivity index (χ2n) is 12.0. The van der Waals surface area contributed by atoms with E-state index in [1.807, 2.05) is 13.1 Å². The quantitative estimate of drug-likeness (QED) is 0.497. The summed E-state index contributed by atoms with van der Waals surface area (Å²) in [5, 5.41) is 0. The molecule has 2 fully saturated rings. The van der Waals surface area contributed by atoms with Crippen LogP contribution < -0.4 is 14.4 Å². The molecule has 3 atom stereocenters. The lowest BCUT2D eigenvalue weighted by Crippen LogP contribution is -2.68. The molecule has 0 amide bonds. The molecule has 5 nitrogen and oxygen atoms in total. The van der Waals surface area contributed by atoms with E-state index < -0.39 is 17.8 Å². The SMILES string of the molecule is CC(C)c1ccc(N2CC3CN(C)C(CN4CCOc5ccc(C(C)C)cc5OCC4)C(C2)C3(F)F)cc1. The maximum atomic E-state index is 15.7. The minimum Gasteiger partial charge on any atom is -0.488 e. The lowest BCUT2D eigenvalue weighted by molar-refractivity contribution is -0.178. The predicted octanol–water partition coefficient (Wildman–Crippen LogP) is 5.71. The zero-order valence-corrected chi connectivity index (χ0v) is 23.5. The molecule has 2 aromatic rings. The van der Waals surface area contributed by atoms with Gasteiger partial charge in [-0.3, -0.25) is 4.90 Å². The molecule has 5 rings (SSSR count). The van der Waals surface area contributed by atoms with E-state index in [0.717, 1.165) is 17.2 Å². The monoisotopic (exact) mass is 527 g/mol. The molecule has 0 aromatic heterocycles. The Bertz CT molecular complexity index is 1090. The fraction of sp³-hybridized carbons (Fsp3) is 0.613. The van der Waals surface area contributed by atoms with Crippen LogP contribution in [0.15, 0.2) is 42.5 Å². The fourth-order valence-corrected chi connectivity index (χ4v) is 6.26. The molecule has 38 heavy (non-hydrogen) atoms.